The Morgan fingerprint density at radius 1 is 1.10 bits per heavy atom. The molecule has 0 aromatic heterocycles. The van der Waals surface area contributed by atoms with E-state index in [0.29, 0.717) is 17.9 Å². The molecule has 0 fully saturated rings. The van der Waals surface area contributed by atoms with Crippen molar-refractivity contribution in [3.05, 3.63) is 29.8 Å². The molecule has 0 aliphatic carbocycles. The van der Waals surface area contributed by atoms with E-state index >= 15 is 0 Å². The van der Waals surface area contributed by atoms with Crippen LogP contribution in [0.4, 0.5) is 0 Å². The molecule has 0 saturated heterocycles. The van der Waals surface area contributed by atoms with Gasteiger partial charge in [-0.3, -0.25) is 20.4 Å². The van der Waals surface area contributed by atoms with Crippen LogP contribution in [0.1, 0.15) is 36.5 Å². The zero-order valence-corrected chi connectivity index (χ0v) is 11.7. The highest BCUT2D eigenvalue weighted by Crippen LogP contribution is 2.12. The lowest BCUT2D eigenvalue weighted by Gasteiger charge is -2.08. The molecule has 0 radical (unpaired) electrons. The zero-order chi connectivity index (χ0) is 15.7. The summed E-state index contributed by atoms with van der Waals surface area (Å²) in [7, 11) is 0. The van der Waals surface area contributed by atoms with Crippen molar-refractivity contribution >= 4 is 17.8 Å². The van der Waals surface area contributed by atoms with Crippen LogP contribution < -0.4 is 20.7 Å². The predicted molar refractivity (Wildman–Crippen MR) is 72.1 cm³/mol. The molecule has 7 nitrogen and oxygen atoms in total. The first-order chi connectivity index (χ1) is 10.0. The fourth-order valence-corrected chi connectivity index (χ4v) is 1.40. The summed E-state index contributed by atoms with van der Waals surface area (Å²) in [6.07, 6.45) is 0.234. The quantitative estimate of drug-likeness (QED) is 0.675. The second kappa shape index (κ2) is 8.57. The third-order valence-corrected chi connectivity index (χ3v) is 2.46. The molecule has 0 spiro atoms. The fourth-order valence-electron chi connectivity index (χ4n) is 1.40. The second-order valence-corrected chi connectivity index (χ2v) is 4.25. The summed E-state index contributed by atoms with van der Waals surface area (Å²) < 4.78 is 5.38. The average Bonchev–Trinajstić information content (AvgIpc) is 2.49. The van der Waals surface area contributed by atoms with Gasteiger partial charge in [0.25, 0.3) is 5.91 Å². The number of amides is 2. The van der Waals surface area contributed by atoms with Gasteiger partial charge in [0, 0.05) is 18.0 Å². The number of aliphatic carboxylic acids is 1. The summed E-state index contributed by atoms with van der Waals surface area (Å²) in [4.78, 5) is 33.1. The number of hydrogen-bond acceptors (Lipinski definition) is 5. The van der Waals surface area contributed by atoms with E-state index < -0.39 is 24.2 Å². The Balaban J connectivity index is 2.41. The summed E-state index contributed by atoms with van der Waals surface area (Å²) in [5.74, 6) is -1.76. The second-order valence-electron chi connectivity index (χ2n) is 4.25. The molecular formula is C14H17N2O5-. The highest BCUT2D eigenvalue weighted by molar-refractivity contribution is 5.95. The Bertz CT molecular complexity index is 499. The van der Waals surface area contributed by atoms with Gasteiger partial charge in [0.15, 0.2) is 0 Å². The fraction of sp³-hybridized carbons (Fsp3) is 0.357. The van der Waals surface area contributed by atoms with Gasteiger partial charge in [-0.15, -0.1) is 0 Å². The van der Waals surface area contributed by atoms with Gasteiger partial charge >= 0.3 is 0 Å². The molecule has 1 rings (SSSR count). The van der Waals surface area contributed by atoms with E-state index in [1.54, 1.807) is 24.3 Å². The topological polar surface area (TPSA) is 108 Å². The lowest BCUT2D eigenvalue weighted by atomic mass is 10.2. The number of rotatable bonds is 7. The number of benzene rings is 1. The number of carboxylic acid groups (broad SMARTS) is 1. The molecule has 21 heavy (non-hydrogen) atoms. The molecule has 1 aromatic rings. The van der Waals surface area contributed by atoms with Crippen molar-refractivity contribution in [1.82, 2.24) is 10.9 Å². The molecule has 0 atom stereocenters. The first-order valence-corrected chi connectivity index (χ1v) is 6.54. The van der Waals surface area contributed by atoms with Gasteiger partial charge in [-0.25, -0.2) is 0 Å². The predicted octanol–water partition coefficient (Wildman–Crippen LogP) is -0.233. The molecule has 0 bridgehead atoms. The summed E-state index contributed by atoms with van der Waals surface area (Å²) in [5.41, 5.74) is 4.66. The molecular weight excluding hydrogens is 276 g/mol. The van der Waals surface area contributed by atoms with Gasteiger partial charge < -0.3 is 14.6 Å². The standard InChI is InChI=1S/C14H18N2O5/c1-2-9-21-11-5-3-10(4-6-11)14(20)16-15-12(17)7-8-13(18)19/h3-6H,2,7-9H2,1H3,(H,15,17)(H,16,20)(H,18,19)/p-1. The van der Waals surface area contributed by atoms with E-state index in [-0.39, 0.29) is 6.42 Å². The minimum atomic E-state index is -1.32. The molecule has 2 amide bonds. The van der Waals surface area contributed by atoms with Crippen LogP contribution in [-0.4, -0.2) is 24.4 Å². The Kier molecular flexibility index (Phi) is 6.73. The Morgan fingerprint density at radius 3 is 2.33 bits per heavy atom. The van der Waals surface area contributed by atoms with E-state index in [0.717, 1.165) is 6.42 Å². The maximum atomic E-state index is 11.7. The first kappa shape index (κ1) is 16.5. The number of carbonyl (C=O) groups excluding carboxylic acids is 3. The van der Waals surface area contributed by atoms with E-state index in [2.05, 4.69) is 10.9 Å². The van der Waals surface area contributed by atoms with Gasteiger partial charge in [-0.1, -0.05) is 6.92 Å². The zero-order valence-electron chi connectivity index (χ0n) is 11.7. The van der Waals surface area contributed by atoms with Gasteiger partial charge in [0.05, 0.1) is 6.61 Å². The molecule has 0 saturated carbocycles. The number of hydrazine groups is 1. The van der Waals surface area contributed by atoms with Crippen molar-refractivity contribution in [1.29, 1.82) is 0 Å². The van der Waals surface area contributed by atoms with E-state index in [1.807, 2.05) is 6.92 Å². The third-order valence-electron chi connectivity index (χ3n) is 2.46. The molecule has 7 heteroatoms. The van der Waals surface area contributed by atoms with Gasteiger partial charge in [0.2, 0.25) is 5.91 Å². The number of ether oxygens (including phenoxy) is 1. The number of hydrogen-bond donors (Lipinski definition) is 2. The van der Waals surface area contributed by atoms with Gasteiger partial charge in [-0.05, 0) is 37.1 Å². The summed E-state index contributed by atoms with van der Waals surface area (Å²) in [6.45, 7) is 2.59. The van der Waals surface area contributed by atoms with Crippen LogP contribution in [0.2, 0.25) is 0 Å². The maximum Gasteiger partial charge on any atom is 0.269 e. The average molecular weight is 293 g/mol. The molecule has 0 heterocycles. The van der Waals surface area contributed by atoms with Crippen LogP contribution in [0.5, 0.6) is 5.75 Å². The first-order valence-electron chi connectivity index (χ1n) is 6.54. The van der Waals surface area contributed by atoms with Gasteiger partial charge in [-0.2, -0.15) is 0 Å². The van der Waals surface area contributed by atoms with E-state index in [4.69, 9.17) is 4.74 Å². The Hall–Kier alpha value is -2.57. The summed E-state index contributed by atoms with van der Waals surface area (Å²) >= 11 is 0. The minimum Gasteiger partial charge on any atom is -0.550 e. The normalized spacial score (nSPS) is 9.76. The minimum absolute atomic E-state index is 0.258. The molecule has 114 valence electrons. The number of nitrogens with one attached hydrogen (secondary N) is 2. The number of carboxylic acids is 1. The largest absolute Gasteiger partial charge is 0.550 e. The SMILES string of the molecule is CCCOc1ccc(C(=O)NNC(=O)CCC(=O)[O-])cc1. The van der Waals surface area contributed by atoms with Crippen molar-refractivity contribution in [2.24, 2.45) is 0 Å². The van der Waals surface area contributed by atoms with Crippen molar-refractivity contribution in [3.8, 4) is 5.75 Å². The highest BCUT2D eigenvalue weighted by atomic mass is 16.5. The highest BCUT2D eigenvalue weighted by Gasteiger charge is 2.07. The lowest BCUT2D eigenvalue weighted by molar-refractivity contribution is -0.305. The van der Waals surface area contributed by atoms with Gasteiger partial charge in [0.1, 0.15) is 5.75 Å². The van der Waals surface area contributed by atoms with Crippen LogP contribution in [0.15, 0.2) is 24.3 Å². The Morgan fingerprint density at radius 2 is 1.76 bits per heavy atom. The van der Waals surface area contributed by atoms with Crippen LogP contribution in [-0.2, 0) is 9.59 Å². The van der Waals surface area contributed by atoms with Crippen LogP contribution in [0, 0.1) is 0 Å². The maximum absolute atomic E-state index is 11.7. The van der Waals surface area contributed by atoms with Crippen molar-refractivity contribution in [2.75, 3.05) is 6.61 Å². The third kappa shape index (κ3) is 6.42. The van der Waals surface area contributed by atoms with Crippen molar-refractivity contribution in [3.63, 3.8) is 0 Å². The monoisotopic (exact) mass is 293 g/mol. The van der Waals surface area contributed by atoms with Crippen LogP contribution in [0.25, 0.3) is 0 Å². The Labute approximate surface area is 122 Å². The molecule has 0 aliphatic rings. The van der Waals surface area contributed by atoms with Crippen LogP contribution >= 0.6 is 0 Å². The van der Waals surface area contributed by atoms with Crippen LogP contribution in [0.3, 0.4) is 0 Å². The summed E-state index contributed by atoms with van der Waals surface area (Å²) in [6, 6.07) is 6.44. The number of carbonyl (C=O) groups is 3. The lowest BCUT2D eigenvalue weighted by Crippen LogP contribution is -2.42. The smallest absolute Gasteiger partial charge is 0.269 e. The van der Waals surface area contributed by atoms with E-state index in [1.165, 1.54) is 0 Å². The van der Waals surface area contributed by atoms with Crippen molar-refractivity contribution < 1.29 is 24.2 Å². The van der Waals surface area contributed by atoms with E-state index in [9.17, 15) is 19.5 Å². The molecule has 2 N–H and O–H groups in total. The van der Waals surface area contributed by atoms with Crippen molar-refractivity contribution in [2.45, 2.75) is 26.2 Å². The molecule has 1 aromatic carbocycles. The molecule has 0 aliphatic heterocycles. The summed E-state index contributed by atoms with van der Waals surface area (Å²) in [5, 5.41) is 10.2. The molecule has 0 unspecified atom stereocenters.